The molecule has 2 rings (SSSR count). The average molecular weight is 257 g/mol. The minimum Gasteiger partial charge on any atom is -0.397 e. The number of hydrogen-bond donors (Lipinski definition) is 2. The highest BCUT2D eigenvalue weighted by molar-refractivity contribution is 9.10. The van der Waals surface area contributed by atoms with Crippen LogP contribution < -0.4 is 10.6 Å². The highest BCUT2D eigenvalue weighted by Gasteiger charge is 2.21. The van der Waals surface area contributed by atoms with Crippen molar-refractivity contribution >= 4 is 27.3 Å². The molecule has 0 amide bonds. The highest BCUT2D eigenvalue weighted by Crippen LogP contribution is 2.29. The van der Waals surface area contributed by atoms with Gasteiger partial charge in [-0.2, -0.15) is 0 Å². The Morgan fingerprint density at radius 1 is 1.50 bits per heavy atom. The summed E-state index contributed by atoms with van der Waals surface area (Å²) in [5.74, 6) is 0. The summed E-state index contributed by atoms with van der Waals surface area (Å²) in [5, 5.41) is 9.43. The van der Waals surface area contributed by atoms with Crippen LogP contribution in [-0.4, -0.2) is 24.3 Å². The van der Waals surface area contributed by atoms with Crippen LogP contribution >= 0.6 is 15.9 Å². The molecule has 0 bridgehead atoms. The number of anilines is 2. The van der Waals surface area contributed by atoms with E-state index in [2.05, 4.69) is 20.8 Å². The summed E-state index contributed by atoms with van der Waals surface area (Å²) in [6.45, 7) is 1.56. The topological polar surface area (TPSA) is 49.5 Å². The molecular formula is C10H13BrN2O. The lowest BCUT2D eigenvalue weighted by molar-refractivity contribution is 0.198. The zero-order valence-electron chi connectivity index (χ0n) is 7.78. The molecule has 4 heteroatoms. The van der Waals surface area contributed by atoms with Gasteiger partial charge in [-0.15, -0.1) is 0 Å². The fraction of sp³-hybridized carbons (Fsp3) is 0.400. The minimum absolute atomic E-state index is 0.214. The number of hydrogen-bond acceptors (Lipinski definition) is 3. The fourth-order valence-corrected chi connectivity index (χ4v) is 2.10. The standard InChI is InChI=1S/C10H13BrN2O/c11-7-1-2-9(12)10(5-7)13-4-3-8(14)6-13/h1-2,5,8,14H,3-4,6,12H2. The smallest absolute Gasteiger partial charge is 0.0731 e. The summed E-state index contributed by atoms with van der Waals surface area (Å²) in [7, 11) is 0. The van der Waals surface area contributed by atoms with E-state index in [1.807, 2.05) is 18.2 Å². The van der Waals surface area contributed by atoms with Gasteiger partial charge in [0, 0.05) is 17.6 Å². The van der Waals surface area contributed by atoms with Crippen LogP contribution in [0, 0.1) is 0 Å². The number of nitrogens with zero attached hydrogens (tertiary/aromatic N) is 1. The predicted molar refractivity (Wildman–Crippen MR) is 61.4 cm³/mol. The third-order valence-corrected chi connectivity index (χ3v) is 2.99. The van der Waals surface area contributed by atoms with Gasteiger partial charge in [-0.05, 0) is 24.6 Å². The molecule has 0 saturated carbocycles. The van der Waals surface area contributed by atoms with E-state index >= 15 is 0 Å². The molecule has 1 aliphatic rings. The van der Waals surface area contributed by atoms with E-state index in [1.54, 1.807) is 0 Å². The van der Waals surface area contributed by atoms with E-state index in [0.717, 1.165) is 28.8 Å². The lowest BCUT2D eigenvalue weighted by Gasteiger charge is -2.19. The van der Waals surface area contributed by atoms with E-state index < -0.39 is 0 Å². The van der Waals surface area contributed by atoms with E-state index in [4.69, 9.17) is 5.73 Å². The molecule has 0 aliphatic carbocycles. The van der Waals surface area contributed by atoms with Crippen LogP contribution in [0.15, 0.2) is 22.7 Å². The Bertz CT molecular complexity index is 343. The zero-order valence-corrected chi connectivity index (χ0v) is 9.37. The molecule has 1 aliphatic heterocycles. The molecule has 1 heterocycles. The van der Waals surface area contributed by atoms with E-state index in [1.165, 1.54) is 0 Å². The molecule has 0 aromatic heterocycles. The van der Waals surface area contributed by atoms with Crippen LogP contribution in [0.1, 0.15) is 6.42 Å². The number of aliphatic hydroxyl groups is 1. The number of benzene rings is 1. The second-order valence-electron chi connectivity index (χ2n) is 3.59. The predicted octanol–water partition coefficient (Wildman–Crippen LogP) is 1.60. The van der Waals surface area contributed by atoms with Crippen LogP contribution in [0.5, 0.6) is 0 Å². The zero-order chi connectivity index (χ0) is 10.1. The summed E-state index contributed by atoms with van der Waals surface area (Å²) in [4.78, 5) is 2.12. The van der Waals surface area contributed by atoms with Crippen LogP contribution in [0.3, 0.4) is 0 Å². The number of β-amino-alcohol motifs (C(OH)–C–C–N with tert-alkyl or cyclic N) is 1. The Kier molecular flexibility index (Phi) is 2.65. The third kappa shape index (κ3) is 1.86. The molecule has 1 unspecified atom stereocenters. The van der Waals surface area contributed by atoms with Crippen LogP contribution in [-0.2, 0) is 0 Å². The number of rotatable bonds is 1. The summed E-state index contributed by atoms with van der Waals surface area (Å²) in [6, 6.07) is 5.79. The molecule has 3 nitrogen and oxygen atoms in total. The van der Waals surface area contributed by atoms with Crippen molar-refractivity contribution in [2.45, 2.75) is 12.5 Å². The second-order valence-corrected chi connectivity index (χ2v) is 4.51. The Labute approximate surface area is 91.6 Å². The highest BCUT2D eigenvalue weighted by atomic mass is 79.9. The molecule has 76 valence electrons. The van der Waals surface area contributed by atoms with Gasteiger partial charge >= 0.3 is 0 Å². The van der Waals surface area contributed by atoms with Crippen molar-refractivity contribution in [3.63, 3.8) is 0 Å². The Morgan fingerprint density at radius 3 is 2.93 bits per heavy atom. The number of aliphatic hydroxyl groups excluding tert-OH is 1. The quantitative estimate of drug-likeness (QED) is 0.751. The SMILES string of the molecule is Nc1ccc(Br)cc1N1CCC(O)C1. The minimum atomic E-state index is -0.214. The molecule has 1 aromatic carbocycles. The van der Waals surface area contributed by atoms with Crippen LogP contribution in [0.2, 0.25) is 0 Å². The van der Waals surface area contributed by atoms with Crippen molar-refractivity contribution in [2.75, 3.05) is 23.7 Å². The lowest BCUT2D eigenvalue weighted by atomic mass is 10.2. The van der Waals surface area contributed by atoms with E-state index in [9.17, 15) is 5.11 Å². The maximum atomic E-state index is 9.43. The van der Waals surface area contributed by atoms with Crippen molar-refractivity contribution in [3.8, 4) is 0 Å². The molecule has 0 spiro atoms. The van der Waals surface area contributed by atoms with Gasteiger partial charge in [0.15, 0.2) is 0 Å². The van der Waals surface area contributed by atoms with Gasteiger partial charge in [-0.3, -0.25) is 0 Å². The summed E-state index contributed by atoms with van der Waals surface area (Å²) < 4.78 is 1.02. The Hall–Kier alpha value is -0.740. The molecule has 0 radical (unpaired) electrons. The third-order valence-electron chi connectivity index (χ3n) is 2.50. The van der Waals surface area contributed by atoms with Gasteiger partial charge in [-0.1, -0.05) is 15.9 Å². The maximum absolute atomic E-state index is 9.43. The van der Waals surface area contributed by atoms with Gasteiger partial charge in [-0.25, -0.2) is 0 Å². The van der Waals surface area contributed by atoms with Crippen molar-refractivity contribution in [3.05, 3.63) is 22.7 Å². The first kappa shape index (κ1) is 9.80. The molecule has 1 fully saturated rings. The normalized spacial score (nSPS) is 21.6. The second kappa shape index (κ2) is 3.79. The number of nitrogen functional groups attached to an aromatic ring is 1. The van der Waals surface area contributed by atoms with Gasteiger partial charge in [0.05, 0.1) is 17.5 Å². The summed E-state index contributed by atoms with van der Waals surface area (Å²) >= 11 is 3.41. The largest absolute Gasteiger partial charge is 0.397 e. The van der Waals surface area contributed by atoms with Crippen molar-refractivity contribution < 1.29 is 5.11 Å². The van der Waals surface area contributed by atoms with Crippen molar-refractivity contribution in [1.82, 2.24) is 0 Å². The van der Waals surface area contributed by atoms with Crippen LogP contribution in [0.4, 0.5) is 11.4 Å². The Morgan fingerprint density at radius 2 is 2.29 bits per heavy atom. The lowest BCUT2D eigenvalue weighted by Crippen LogP contribution is -2.22. The molecule has 14 heavy (non-hydrogen) atoms. The maximum Gasteiger partial charge on any atom is 0.0731 e. The Balaban J connectivity index is 2.27. The molecule has 1 saturated heterocycles. The van der Waals surface area contributed by atoms with Gasteiger partial charge in [0.25, 0.3) is 0 Å². The van der Waals surface area contributed by atoms with Gasteiger partial charge in [0.1, 0.15) is 0 Å². The first-order valence-electron chi connectivity index (χ1n) is 4.65. The van der Waals surface area contributed by atoms with Gasteiger partial charge in [0.2, 0.25) is 0 Å². The molecular weight excluding hydrogens is 244 g/mol. The van der Waals surface area contributed by atoms with Crippen molar-refractivity contribution in [2.24, 2.45) is 0 Å². The van der Waals surface area contributed by atoms with E-state index in [-0.39, 0.29) is 6.10 Å². The van der Waals surface area contributed by atoms with Crippen LogP contribution in [0.25, 0.3) is 0 Å². The first-order chi connectivity index (χ1) is 6.66. The summed E-state index contributed by atoms with van der Waals surface area (Å²) in [5.41, 5.74) is 7.65. The van der Waals surface area contributed by atoms with E-state index in [0.29, 0.717) is 6.54 Å². The van der Waals surface area contributed by atoms with Gasteiger partial charge < -0.3 is 15.7 Å². The molecule has 1 atom stereocenters. The average Bonchev–Trinajstić information content (AvgIpc) is 2.56. The number of halogens is 1. The van der Waals surface area contributed by atoms with Crippen molar-refractivity contribution in [1.29, 1.82) is 0 Å². The monoisotopic (exact) mass is 256 g/mol. The first-order valence-corrected chi connectivity index (χ1v) is 5.44. The summed E-state index contributed by atoms with van der Waals surface area (Å²) in [6.07, 6.45) is 0.611. The fourth-order valence-electron chi connectivity index (χ4n) is 1.75. The molecule has 1 aromatic rings. The number of nitrogens with two attached hydrogens (primary N) is 1. The molecule has 3 N–H and O–H groups in total.